The molecule has 0 spiro atoms. The van der Waals surface area contributed by atoms with Crippen molar-refractivity contribution in [2.45, 2.75) is 0 Å². The number of nitrogens with zero attached hydrogens (tertiary/aromatic N) is 2. The van der Waals surface area contributed by atoms with Crippen LogP contribution in [0.3, 0.4) is 0 Å². The molecular formula is C19H21ClN3O4+. The van der Waals surface area contributed by atoms with Gasteiger partial charge in [0, 0.05) is 22.8 Å². The van der Waals surface area contributed by atoms with E-state index in [1.165, 1.54) is 17.0 Å². The molecular weight excluding hydrogens is 370 g/mol. The summed E-state index contributed by atoms with van der Waals surface area (Å²) in [5, 5.41) is 11.2. The van der Waals surface area contributed by atoms with Crippen molar-refractivity contribution in [3.05, 3.63) is 69.2 Å². The van der Waals surface area contributed by atoms with Crippen molar-refractivity contribution < 1.29 is 19.4 Å². The van der Waals surface area contributed by atoms with Gasteiger partial charge >= 0.3 is 5.97 Å². The van der Waals surface area contributed by atoms with Crippen LogP contribution < -0.4 is 9.80 Å². The van der Waals surface area contributed by atoms with Gasteiger partial charge in [0.1, 0.15) is 13.2 Å². The van der Waals surface area contributed by atoms with E-state index < -0.39 is 4.92 Å². The van der Waals surface area contributed by atoms with Gasteiger partial charge < -0.3 is 14.5 Å². The monoisotopic (exact) mass is 390 g/mol. The molecule has 0 unspecified atom stereocenters. The Morgan fingerprint density at radius 1 is 1.19 bits per heavy atom. The number of nitro groups is 1. The number of rotatable bonds is 6. The summed E-state index contributed by atoms with van der Waals surface area (Å²) in [5.74, 6) is -0.360. The van der Waals surface area contributed by atoms with Crippen molar-refractivity contribution in [2.24, 2.45) is 0 Å². The third-order valence-corrected chi connectivity index (χ3v) is 4.88. The minimum absolute atomic E-state index is 0.101. The average Bonchev–Trinajstić information content (AvgIpc) is 2.68. The Kier molecular flexibility index (Phi) is 6.26. The number of nitrogens with one attached hydrogen (secondary N) is 1. The number of hydrogen-bond donors (Lipinski definition) is 1. The van der Waals surface area contributed by atoms with Crippen LogP contribution >= 0.6 is 11.6 Å². The minimum atomic E-state index is -0.392. The predicted octanol–water partition coefficient (Wildman–Crippen LogP) is 1.81. The third-order valence-electron chi connectivity index (χ3n) is 4.65. The van der Waals surface area contributed by atoms with Gasteiger partial charge in [-0.1, -0.05) is 17.7 Å². The van der Waals surface area contributed by atoms with Crippen LogP contribution in [0.25, 0.3) is 0 Å². The molecule has 1 N–H and O–H groups in total. The van der Waals surface area contributed by atoms with Crippen LogP contribution in [-0.2, 0) is 4.74 Å². The van der Waals surface area contributed by atoms with Crippen molar-refractivity contribution in [1.82, 2.24) is 0 Å². The number of benzene rings is 2. The molecule has 0 atom stereocenters. The predicted molar refractivity (Wildman–Crippen MR) is 103 cm³/mol. The number of ether oxygens (including phenoxy) is 1. The summed E-state index contributed by atoms with van der Waals surface area (Å²) in [7, 11) is 0. The fraction of sp³-hybridized carbons (Fsp3) is 0.316. The van der Waals surface area contributed by atoms with E-state index >= 15 is 0 Å². The van der Waals surface area contributed by atoms with Crippen LogP contribution in [0.4, 0.5) is 11.4 Å². The summed E-state index contributed by atoms with van der Waals surface area (Å²) >= 11 is 5.88. The zero-order valence-electron chi connectivity index (χ0n) is 14.8. The molecule has 2 aromatic carbocycles. The van der Waals surface area contributed by atoms with E-state index in [1.807, 2.05) is 0 Å². The van der Waals surface area contributed by atoms with Gasteiger partial charge in [0.25, 0.3) is 5.69 Å². The molecule has 7 nitrogen and oxygen atoms in total. The number of nitro benzene ring substituents is 1. The molecule has 8 heteroatoms. The van der Waals surface area contributed by atoms with Gasteiger partial charge in [-0.3, -0.25) is 10.1 Å². The van der Waals surface area contributed by atoms with Gasteiger partial charge in [-0.2, -0.15) is 0 Å². The number of hydrogen-bond acceptors (Lipinski definition) is 5. The van der Waals surface area contributed by atoms with Crippen LogP contribution in [0.2, 0.25) is 5.02 Å². The second-order valence-corrected chi connectivity index (χ2v) is 6.84. The average molecular weight is 391 g/mol. The molecule has 1 aliphatic rings. The van der Waals surface area contributed by atoms with Gasteiger partial charge in [-0.15, -0.1) is 0 Å². The Labute approximate surface area is 162 Å². The van der Waals surface area contributed by atoms with Crippen LogP contribution in [0.15, 0.2) is 48.5 Å². The number of carbonyl (C=O) groups excluding carboxylic acids is 1. The SMILES string of the molecule is O=C(OCC[NH+]1CCN(c2ccc([N+](=O)[O-])cc2)CC1)c1cccc(Cl)c1. The number of quaternary nitrogens is 1. The molecule has 0 saturated carbocycles. The molecule has 142 valence electrons. The maximum absolute atomic E-state index is 12.0. The highest BCUT2D eigenvalue weighted by molar-refractivity contribution is 6.30. The zero-order valence-corrected chi connectivity index (χ0v) is 15.5. The number of carbonyl (C=O) groups is 1. The molecule has 1 fully saturated rings. The highest BCUT2D eigenvalue weighted by Gasteiger charge is 2.21. The van der Waals surface area contributed by atoms with E-state index in [2.05, 4.69) is 4.90 Å². The number of esters is 1. The van der Waals surface area contributed by atoms with Gasteiger partial charge in [0.05, 0.1) is 36.7 Å². The lowest BCUT2D eigenvalue weighted by molar-refractivity contribution is -0.900. The first kappa shape index (κ1) is 19.1. The second-order valence-electron chi connectivity index (χ2n) is 6.41. The summed E-state index contributed by atoms with van der Waals surface area (Å²) in [5.41, 5.74) is 1.55. The number of piperazine rings is 1. The Morgan fingerprint density at radius 2 is 1.89 bits per heavy atom. The van der Waals surface area contributed by atoms with Crippen LogP contribution in [0.5, 0.6) is 0 Å². The van der Waals surface area contributed by atoms with Gasteiger partial charge in [-0.25, -0.2) is 4.79 Å². The highest BCUT2D eigenvalue weighted by atomic mass is 35.5. The van der Waals surface area contributed by atoms with E-state index in [4.69, 9.17) is 16.3 Å². The van der Waals surface area contributed by atoms with Gasteiger partial charge in [-0.05, 0) is 30.3 Å². The molecule has 1 heterocycles. The maximum atomic E-state index is 12.0. The van der Waals surface area contributed by atoms with Crippen molar-refractivity contribution in [3.8, 4) is 0 Å². The largest absolute Gasteiger partial charge is 0.456 e. The molecule has 2 aromatic rings. The first-order valence-electron chi connectivity index (χ1n) is 8.78. The smallest absolute Gasteiger partial charge is 0.338 e. The molecule has 0 aromatic heterocycles. The van der Waals surface area contributed by atoms with Crippen LogP contribution in [0, 0.1) is 10.1 Å². The zero-order chi connectivity index (χ0) is 19.2. The third kappa shape index (κ3) is 5.18. The first-order chi connectivity index (χ1) is 13.0. The molecule has 0 amide bonds. The standard InChI is InChI=1S/C19H20ClN3O4/c20-16-3-1-2-15(14-16)19(24)27-13-12-21-8-10-22(11-9-21)17-4-6-18(7-5-17)23(25)26/h1-7,14H,8-13H2/p+1. The quantitative estimate of drug-likeness (QED) is 0.462. The lowest BCUT2D eigenvalue weighted by atomic mass is 10.2. The second kappa shape index (κ2) is 8.83. The Morgan fingerprint density at radius 3 is 2.52 bits per heavy atom. The van der Waals surface area contributed by atoms with Gasteiger partial charge in [0.15, 0.2) is 0 Å². The van der Waals surface area contributed by atoms with Crippen molar-refractivity contribution in [1.29, 1.82) is 0 Å². The molecule has 0 aliphatic carbocycles. The summed E-state index contributed by atoms with van der Waals surface area (Å²) in [4.78, 5) is 25.9. The fourth-order valence-corrected chi connectivity index (χ4v) is 3.29. The van der Waals surface area contributed by atoms with E-state index in [1.54, 1.807) is 36.4 Å². The lowest BCUT2D eigenvalue weighted by Crippen LogP contribution is -3.15. The van der Waals surface area contributed by atoms with E-state index in [-0.39, 0.29) is 11.7 Å². The summed E-state index contributed by atoms with van der Waals surface area (Å²) in [6.45, 7) is 4.67. The first-order valence-corrected chi connectivity index (χ1v) is 9.16. The topological polar surface area (TPSA) is 77.1 Å². The van der Waals surface area contributed by atoms with E-state index in [0.29, 0.717) is 17.2 Å². The molecule has 0 radical (unpaired) electrons. The van der Waals surface area contributed by atoms with Crippen molar-refractivity contribution in [3.63, 3.8) is 0 Å². The number of halogens is 1. The molecule has 1 aliphatic heterocycles. The lowest BCUT2D eigenvalue weighted by Gasteiger charge is -2.33. The number of anilines is 1. The molecule has 3 rings (SSSR count). The van der Waals surface area contributed by atoms with Gasteiger partial charge in [0.2, 0.25) is 0 Å². The fourth-order valence-electron chi connectivity index (χ4n) is 3.10. The summed E-state index contributed by atoms with van der Waals surface area (Å²) in [6, 6.07) is 13.4. The molecule has 0 bridgehead atoms. The normalized spacial score (nSPS) is 14.8. The molecule has 1 saturated heterocycles. The summed E-state index contributed by atoms with van der Waals surface area (Å²) in [6.07, 6.45) is 0. The minimum Gasteiger partial charge on any atom is -0.456 e. The number of non-ortho nitro benzene ring substituents is 1. The Balaban J connectivity index is 1.42. The maximum Gasteiger partial charge on any atom is 0.338 e. The van der Waals surface area contributed by atoms with Crippen LogP contribution in [-0.4, -0.2) is 50.2 Å². The van der Waals surface area contributed by atoms with Crippen molar-refractivity contribution >= 4 is 28.9 Å². The Bertz CT molecular complexity index is 805. The van der Waals surface area contributed by atoms with E-state index in [9.17, 15) is 14.9 Å². The van der Waals surface area contributed by atoms with Crippen LogP contribution in [0.1, 0.15) is 10.4 Å². The summed E-state index contributed by atoms with van der Waals surface area (Å²) < 4.78 is 5.34. The van der Waals surface area contributed by atoms with Crippen molar-refractivity contribution in [2.75, 3.05) is 44.2 Å². The van der Waals surface area contributed by atoms with E-state index in [0.717, 1.165) is 38.4 Å². The highest BCUT2D eigenvalue weighted by Crippen LogP contribution is 2.19. The Hall–Kier alpha value is -2.64. The molecule has 27 heavy (non-hydrogen) atoms.